The van der Waals surface area contributed by atoms with Crippen LogP contribution in [0.15, 0.2) is 12.1 Å². The van der Waals surface area contributed by atoms with Gasteiger partial charge in [-0.2, -0.15) is 0 Å². The fraction of sp³-hybridized carbons (Fsp3) is 0.429. The lowest BCUT2D eigenvalue weighted by Gasteiger charge is -2.38. The van der Waals surface area contributed by atoms with Gasteiger partial charge >= 0.3 is 5.97 Å². The summed E-state index contributed by atoms with van der Waals surface area (Å²) in [6.07, 6.45) is 2.68. The molecule has 0 aliphatic heterocycles. The van der Waals surface area contributed by atoms with Gasteiger partial charge in [0.1, 0.15) is 0 Å². The molecular weight excluding hydrogens is 248 g/mol. The summed E-state index contributed by atoms with van der Waals surface area (Å²) in [7, 11) is 2.91. The summed E-state index contributed by atoms with van der Waals surface area (Å²) in [5.41, 5.74) is 0.0208. The molecule has 0 saturated heterocycles. The van der Waals surface area contributed by atoms with E-state index < -0.39 is 11.4 Å². The van der Waals surface area contributed by atoms with Crippen molar-refractivity contribution < 1.29 is 24.2 Å². The largest absolute Gasteiger partial charge is 0.493 e. The first-order valence-electron chi connectivity index (χ1n) is 6.04. The Morgan fingerprint density at radius 2 is 2.00 bits per heavy atom. The number of hydrogen-bond acceptors (Lipinski definition) is 4. The van der Waals surface area contributed by atoms with E-state index in [2.05, 4.69) is 0 Å². The Hall–Kier alpha value is -2.04. The van der Waals surface area contributed by atoms with Crippen LogP contribution in [0.25, 0.3) is 0 Å². The van der Waals surface area contributed by atoms with E-state index in [0.29, 0.717) is 41.8 Å². The SMILES string of the molecule is COc1cc(C2(C(=O)O)CCC2)cc(C=O)c1OC. The topological polar surface area (TPSA) is 72.8 Å². The summed E-state index contributed by atoms with van der Waals surface area (Å²) in [5.74, 6) is -0.140. The molecule has 2 rings (SSSR count). The van der Waals surface area contributed by atoms with Crippen molar-refractivity contribution in [3.63, 3.8) is 0 Å². The number of methoxy groups -OCH3 is 2. The van der Waals surface area contributed by atoms with Crippen molar-refractivity contribution in [3.8, 4) is 11.5 Å². The van der Waals surface area contributed by atoms with Crippen molar-refractivity contribution in [1.82, 2.24) is 0 Å². The molecule has 1 aliphatic rings. The van der Waals surface area contributed by atoms with Gasteiger partial charge in [0.05, 0.1) is 25.2 Å². The zero-order valence-corrected chi connectivity index (χ0v) is 10.9. The molecule has 0 aromatic heterocycles. The lowest BCUT2D eigenvalue weighted by atomic mass is 9.64. The summed E-state index contributed by atoms with van der Waals surface area (Å²) in [6, 6.07) is 3.24. The van der Waals surface area contributed by atoms with Gasteiger partial charge in [-0.15, -0.1) is 0 Å². The van der Waals surface area contributed by atoms with Gasteiger partial charge in [-0.25, -0.2) is 0 Å². The maximum absolute atomic E-state index is 11.5. The van der Waals surface area contributed by atoms with Crippen LogP contribution in [0.5, 0.6) is 11.5 Å². The highest BCUT2D eigenvalue weighted by molar-refractivity contribution is 5.86. The molecule has 0 heterocycles. The molecule has 1 saturated carbocycles. The molecule has 0 amide bonds. The van der Waals surface area contributed by atoms with Gasteiger partial charge in [0, 0.05) is 0 Å². The second-order valence-corrected chi connectivity index (χ2v) is 4.66. The summed E-state index contributed by atoms with van der Waals surface area (Å²) < 4.78 is 10.3. The summed E-state index contributed by atoms with van der Waals surface area (Å²) in [6.45, 7) is 0. The van der Waals surface area contributed by atoms with Crippen LogP contribution in [0.3, 0.4) is 0 Å². The Morgan fingerprint density at radius 1 is 1.32 bits per heavy atom. The monoisotopic (exact) mass is 264 g/mol. The first kappa shape index (κ1) is 13.4. The number of hydrogen-bond donors (Lipinski definition) is 1. The van der Waals surface area contributed by atoms with Gasteiger partial charge in [-0.3, -0.25) is 9.59 Å². The molecule has 5 heteroatoms. The Kier molecular flexibility index (Phi) is 3.46. The van der Waals surface area contributed by atoms with Crippen LogP contribution < -0.4 is 9.47 Å². The minimum atomic E-state index is -0.892. The molecule has 19 heavy (non-hydrogen) atoms. The zero-order chi connectivity index (χ0) is 14.0. The number of ether oxygens (including phenoxy) is 2. The van der Waals surface area contributed by atoms with Crippen molar-refractivity contribution >= 4 is 12.3 Å². The van der Waals surface area contributed by atoms with Crippen LogP contribution >= 0.6 is 0 Å². The van der Waals surface area contributed by atoms with Crippen molar-refractivity contribution in [2.45, 2.75) is 24.7 Å². The van der Waals surface area contributed by atoms with Crippen LogP contribution in [0.4, 0.5) is 0 Å². The molecule has 1 aliphatic carbocycles. The molecule has 0 bridgehead atoms. The predicted octanol–water partition coefficient (Wildman–Crippen LogP) is 2.02. The smallest absolute Gasteiger partial charge is 0.314 e. The number of carbonyl (C=O) groups is 2. The van der Waals surface area contributed by atoms with Gasteiger partial charge in [-0.05, 0) is 30.5 Å². The third kappa shape index (κ3) is 1.95. The van der Waals surface area contributed by atoms with Crippen LogP contribution in [-0.2, 0) is 10.2 Å². The number of carboxylic acid groups (broad SMARTS) is 1. The highest BCUT2D eigenvalue weighted by Crippen LogP contribution is 2.46. The van der Waals surface area contributed by atoms with Crippen LogP contribution in [0.1, 0.15) is 35.2 Å². The van der Waals surface area contributed by atoms with E-state index in [1.807, 2.05) is 0 Å². The minimum Gasteiger partial charge on any atom is -0.493 e. The van der Waals surface area contributed by atoms with Crippen molar-refractivity contribution in [2.75, 3.05) is 14.2 Å². The highest BCUT2D eigenvalue weighted by Gasteiger charge is 2.46. The van der Waals surface area contributed by atoms with E-state index in [1.165, 1.54) is 14.2 Å². The van der Waals surface area contributed by atoms with E-state index in [1.54, 1.807) is 12.1 Å². The maximum atomic E-state index is 11.5. The number of aliphatic carboxylic acids is 1. The standard InChI is InChI=1S/C14H16O5/c1-18-11-7-10(6-9(8-15)12(11)19-2)14(13(16)17)4-3-5-14/h6-8H,3-5H2,1-2H3,(H,16,17). The Bertz CT molecular complexity index is 517. The third-order valence-electron chi connectivity index (χ3n) is 3.80. The van der Waals surface area contributed by atoms with Crippen LogP contribution in [-0.4, -0.2) is 31.6 Å². The molecule has 1 aromatic rings. The second kappa shape index (κ2) is 4.91. The number of rotatable bonds is 5. The van der Waals surface area contributed by atoms with Crippen molar-refractivity contribution in [3.05, 3.63) is 23.3 Å². The van der Waals surface area contributed by atoms with Crippen LogP contribution in [0, 0.1) is 0 Å². The predicted molar refractivity (Wildman–Crippen MR) is 68.1 cm³/mol. The summed E-state index contributed by atoms with van der Waals surface area (Å²) in [4.78, 5) is 22.6. The molecule has 1 fully saturated rings. The number of aldehydes is 1. The number of carboxylic acids is 1. The lowest BCUT2D eigenvalue weighted by molar-refractivity contribution is -0.147. The molecule has 0 radical (unpaired) electrons. The first-order valence-corrected chi connectivity index (χ1v) is 6.04. The zero-order valence-electron chi connectivity index (χ0n) is 10.9. The normalized spacial score (nSPS) is 16.3. The Balaban J connectivity index is 2.59. The molecular formula is C14H16O5. The van der Waals surface area contributed by atoms with E-state index in [0.717, 1.165) is 6.42 Å². The molecule has 5 nitrogen and oxygen atoms in total. The van der Waals surface area contributed by atoms with E-state index in [4.69, 9.17) is 9.47 Å². The summed E-state index contributed by atoms with van der Waals surface area (Å²) >= 11 is 0. The second-order valence-electron chi connectivity index (χ2n) is 4.66. The van der Waals surface area contributed by atoms with Gasteiger partial charge in [0.25, 0.3) is 0 Å². The van der Waals surface area contributed by atoms with Gasteiger partial charge in [0.15, 0.2) is 17.8 Å². The number of carbonyl (C=O) groups excluding carboxylic acids is 1. The maximum Gasteiger partial charge on any atom is 0.314 e. The molecule has 0 unspecified atom stereocenters. The van der Waals surface area contributed by atoms with E-state index >= 15 is 0 Å². The average molecular weight is 264 g/mol. The van der Waals surface area contributed by atoms with E-state index in [-0.39, 0.29) is 0 Å². The van der Waals surface area contributed by atoms with Gasteiger partial charge in [0.2, 0.25) is 0 Å². The Labute approximate surface area is 111 Å². The minimum absolute atomic E-state index is 0.310. The molecule has 1 N–H and O–H groups in total. The average Bonchev–Trinajstić information content (AvgIpc) is 2.35. The van der Waals surface area contributed by atoms with Crippen molar-refractivity contribution in [1.29, 1.82) is 0 Å². The summed E-state index contributed by atoms with van der Waals surface area (Å²) in [5, 5.41) is 9.43. The molecule has 0 spiro atoms. The van der Waals surface area contributed by atoms with E-state index in [9.17, 15) is 14.7 Å². The lowest BCUT2D eigenvalue weighted by Crippen LogP contribution is -2.42. The van der Waals surface area contributed by atoms with Gasteiger partial charge in [-0.1, -0.05) is 6.42 Å². The fourth-order valence-corrected chi connectivity index (χ4v) is 2.51. The molecule has 1 aromatic carbocycles. The first-order chi connectivity index (χ1) is 9.08. The Morgan fingerprint density at radius 3 is 2.37 bits per heavy atom. The molecule has 0 atom stereocenters. The number of benzene rings is 1. The van der Waals surface area contributed by atoms with Crippen molar-refractivity contribution in [2.24, 2.45) is 0 Å². The molecule has 102 valence electrons. The van der Waals surface area contributed by atoms with Crippen LogP contribution in [0.2, 0.25) is 0 Å². The highest BCUT2D eigenvalue weighted by atomic mass is 16.5. The quantitative estimate of drug-likeness (QED) is 0.824. The fourth-order valence-electron chi connectivity index (χ4n) is 2.51. The van der Waals surface area contributed by atoms with Gasteiger partial charge < -0.3 is 14.6 Å². The third-order valence-corrected chi connectivity index (χ3v) is 3.80.